The summed E-state index contributed by atoms with van der Waals surface area (Å²) in [7, 11) is 1.53. The smallest absolute Gasteiger partial charge is 0.270 e. The summed E-state index contributed by atoms with van der Waals surface area (Å²) in [5.41, 5.74) is 1.72. The first-order chi connectivity index (χ1) is 17.0. The molecule has 36 heavy (non-hydrogen) atoms. The molecule has 1 unspecified atom stereocenters. The van der Waals surface area contributed by atoms with Crippen LogP contribution in [0.5, 0.6) is 5.75 Å². The van der Waals surface area contributed by atoms with Gasteiger partial charge in [-0.25, -0.2) is 4.98 Å². The van der Waals surface area contributed by atoms with Gasteiger partial charge < -0.3 is 15.0 Å². The number of rotatable bonds is 7. The molecule has 1 aliphatic rings. The molecular formula is C25H24ClN5O3S2. The van der Waals surface area contributed by atoms with E-state index < -0.39 is 10.8 Å². The van der Waals surface area contributed by atoms with Crippen LogP contribution in [0.1, 0.15) is 47.8 Å². The first-order valence-electron chi connectivity index (χ1n) is 11.2. The molecule has 186 valence electrons. The number of H-pyrrole nitrogens is 1. The molecular weight excluding hydrogens is 518 g/mol. The number of nitriles is 2. The maximum Gasteiger partial charge on any atom is 0.270 e. The summed E-state index contributed by atoms with van der Waals surface area (Å²) in [5.74, 6) is 0.308. The Morgan fingerprint density at radius 3 is 2.72 bits per heavy atom. The lowest BCUT2D eigenvalue weighted by molar-refractivity contribution is -0.115. The number of ether oxygens (including phenoxy) is 1. The molecule has 0 fully saturated rings. The molecule has 1 aromatic carbocycles. The molecule has 0 bridgehead atoms. The lowest BCUT2D eigenvalue weighted by Gasteiger charge is -2.14. The molecule has 2 N–H and O–H groups in total. The number of fused-ring (bicyclic) bond motifs is 1. The zero-order chi connectivity index (χ0) is 24.9. The summed E-state index contributed by atoms with van der Waals surface area (Å²) in [6.45, 7) is 1.87. The fraction of sp³-hybridized carbons (Fsp3) is 0.320. The predicted octanol–water partition coefficient (Wildman–Crippen LogP) is 5.06. The van der Waals surface area contributed by atoms with Crippen molar-refractivity contribution in [1.82, 2.24) is 9.97 Å². The van der Waals surface area contributed by atoms with E-state index in [1.165, 1.54) is 23.3 Å². The van der Waals surface area contributed by atoms with Gasteiger partial charge in [0.1, 0.15) is 28.5 Å². The average Bonchev–Trinajstić information content (AvgIpc) is 3.23. The standard InChI is InChI=1S/C25H23N5O3S2.ClH/c1-3-19(23(32)29-24-17(12-26)16-9-4-5-10-20(16)34-24)35-25-28-21(18(13-27)22(31)30-25)14-7-6-8-15(11-14)33-2;/h6-8,11,19H,3-5,9-10H2,1-2H3,(H,29,32)(H,28,30,31);1H. The van der Waals surface area contributed by atoms with E-state index in [1.807, 2.05) is 13.0 Å². The second kappa shape index (κ2) is 12.1. The fourth-order valence-electron chi connectivity index (χ4n) is 4.01. The first kappa shape index (κ1) is 27.3. The fourth-order valence-corrected chi connectivity index (χ4v) is 6.15. The van der Waals surface area contributed by atoms with Crippen LogP contribution in [0.2, 0.25) is 0 Å². The van der Waals surface area contributed by atoms with Crippen molar-refractivity contribution in [3.8, 4) is 29.1 Å². The van der Waals surface area contributed by atoms with Crippen molar-refractivity contribution in [1.29, 1.82) is 10.5 Å². The third kappa shape index (κ3) is 5.57. The van der Waals surface area contributed by atoms with E-state index in [9.17, 15) is 20.1 Å². The number of halogens is 1. The molecule has 1 aliphatic carbocycles. The Morgan fingerprint density at radius 1 is 1.28 bits per heavy atom. The van der Waals surface area contributed by atoms with Crippen LogP contribution in [0, 0.1) is 22.7 Å². The van der Waals surface area contributed by atoms with Gasteiger partial charge in [0.25, 0.3) is 5.56 Å². The van der Waals surface area contributed by atoms with Crippen molar-refractivity contribution in [3.63, 3.8) is 0 Å². The van der Waals surface area contributed by atoms with Gasteiger partial charge in [0.15, 0.2) is 5.16 Å². The summed E-state index contributed by atoms with van der Waals surface area (Å²) >= 11 is 2.59. The molecule has 0 saturated carbocycles. The number of nitrogens with one attached hydrogen (secondary N) is 2. The van der Waals surface area contributed by atoms with Gasteiger partial charge in [0.2, 0.25) is 5.91 Å². The number of carbonyl (C=O) groups excluding carboxylic acids is 1. The lowest BCUT2D eigenvalue weighted by atomic mass is 9.96. The minimum atomic E-state index is -0.573. The molecule has 1 atom stereocenters. The molecule has 2 heterocycles. The van der Waals surface area contributed by atoms with E-state index in [0.29, 0.717) is 28.3 Å². The summed E-state index contributed by atoms with van der Waals surface area (Å²) in [4.78, 5) is 34.1. The first-order valence-corrected chi connectivity index (χ1v) is 12.9. The van der Waals surface area contributed by atoms with Crippen molar-refractivity contribution in [2.45, 2.75) is 49.4 Å². The quantitative estimate of drug-likeness (QED) is 0.315. The topological polar surface area (TPSA) is 132 Å². The summed E-state index contributed by atoms with van der Waals surface area (Å²) in [5, 5.41) is 22.4. The highest BCUT2D eigenvalue weighted by Gasteiger charge is 2.26. The normalized spacial score (nSPS) is 12.9. The van der Waals surface area contributed by atoms with Gasteiger partial charge in [-0.2, -0.15) is 10.5 Å². The zero-order valence-corrected chi connectivity index (χ0v) is 22.2. The number of thiophene rings is 1. The van der Waals surface area contributed by atoms with Crippen LogP contribution in [0.25, 0.3) is 11.3 Å². The number of anilines is 1. The molecule has 4 rings (SSSR count). The van der Waals surface area contributed by atoms with E-state index in [1.54, 1.807) is 24.3 Å². The number of benzene rings is 1. The molecule has 0 spiro atoms. The van der Waals surface area contributed by atoms with E-state index in [0.717, 1.165) is 43.0 Å². The van der Waals surface area contributed by atoms with Gasteiger partial charge >= 0.3 is 0 Å². The van der Waals surface area contributed by atoms with Crippen LogP contribution in [-0.4, -0.2) is 28.2 Å². The van der Waals surface area contributed by atoms with Crippen LogP contribution in [-0.2, 0) is 17.6 Å². The summed E-state index contributed by atoms with van der Waals surface area (Å²) in [6, 6.07) is 11.1. The van der Waals surface area contributed by atoms with Gasteiger partial charge in [-0.15, -0.1) is 23.7 Å². The minimum absolute atomic E-state index is 0. The van der Waals surface area contributed by atoms with E-state index in [4.69, 9.17) is 4.74 Å². The predicted molar refractivity (Wildman–Crippen MR) is 143 cm³/mol. The third-order valence-electron chi connectivity index (χ3n) is 5.79. The zero-order valence-electron chi connectivity index (χ0n) is 19.7. The number of amides is 1. The maximum absolute atomic E-state index is 13.2. The van der Waals surface area contributed by atoms with Crippen LogP contribution in [0.3, 0.4) is 0 Å². The minimum Gasteiger partial charge on any atom is -0.497 e. The number of aryl methyl sites for hydroxylation is 1. The second-order valence-corrected chi connectivity index (χ2v) is 10.3. The van der Waals surface area contributed by atoms with E-state index >= 15 is 0 Å². The Kier molecular flexibility index (Phi) is 9.16. The van der Waals surface area contributed by atoms with Crippen molar-refractivity contribution in [2.24, 2.45) is 0 Å². The van der Waals surface area contributed by atoms with Crippen molar-refractivity contribution in [3.05, 3.63) is 56.2 Å². The molecule has 2 aromatic heterocycles. The molecule has 3 aromatic rings. The third-order valence-corrected chi connectivity index (χ3v) is 8.25. The van der Waals surface area contributed by atoms with Gasteiger partial charge in [-0.3, -0.25) is 9.59 Å². The average molecular weight is 542 g/mol. The number of carbonyl (C=O) groups is 1. The Bertz CT molecular complexity index is 1420. The molecule has 0 aliphatic heterocycles. The Hall–Kier alpha value is -3.31. The van der Waals surface area contributed by atoms with Crippen molar-refractivity contribution < 1.29 is 9.53 Å². The number of methoxy groups -OCH3 is 1. The largest absolute Gasteiger partial charge is 0.497 e. The van der Waals surface area contributed by atoms with Gasteiger partial charge in [-0.05, 0) is 49.8 Å². The number of hydrogen-bond acceptors (Lipinski definition) is 8. The summed E-state index contributed by atoms with van der Waals surface area (Å²) in [6.07, 6.45) is 4.40. The Morgan fingerprint density at radius 2 is 2.03 bits per heavy atom. The maximum atomic E-state index is 13.2. The summed E-state index contributed by atoms with van der Waals surface area (Å²) < 4.78 is 5.25. The molecule has 1 amide bonds. The number of thioether (sulfide) groups is 1. The second-order valence-electron chi connectivity index (χ2n) is 7.97. The highest BCUT2D eigenvalue weighted by molar-refractivity contribution is 8.00. The van der Waals surface area contributed by atoms with E-state index in [-0.39, 0.29) is 34.7 Å². The van der Waals surface area contributed by atoms with Crippen molar-refractivity contribution in [2.75, 3.05) is 12.4 Å². The number of nitrogens with zero attached hydrogens (tertiary/aromatic N) is 3. The molecule has 8 nitrogen and oxygen atoms in total. The monoisotopic (exact) mass is 541 g/mol. The lowest BCUT2D eigenvalue weighted by Crippen LogP contribution is -2.25. The SMILES string of the molecule is CCC(Sc1nc(-c2cccc(OC)c2)c(C#N)c(=O)[nH]1)C(=O)Nc1sc2c(c1C#N)CCCC2.Cl. The van der Waals surface area contributed by atoms with E-state index in [2.05, 4.69) is 21.4 Å². The Balaban J connectivity index is 0.00000361. The van der Waals surface area contributed by atoms with Crippen LogP contribution in [0.15, 0.2) is 34.2 Å². The van der Waals surface area contributed by atoms with Crippen LogP contribution < -0.4 is 15.6 Å². The number of aromatic amines is 1. The van der Waals surface area contributed by atoms with Crippen molar-refractivity contribution >= 4 is 46.4 Å². The molecule has 11 heteroatoms. The van der Waals surface area contributed by atoms with Gasteiger partial charge in [-0.1, -0.05) is 30.8 Å². The van der Waals surface area contributed by atoms with Gasteiger partial charge in [0, 0.05) is 10.4 Å². The number of hydrogen-bond donors (Lipinski definition) is 2. The van der Waals surface area contributed by atoms with Crippen LogP contribution in [0.4, 0.5) is 5.00 Å². The molecule has 0 radical (unpaired) electrons. The van der Waals surface area contributed by atoms with Crippen LogP contribution >= 0.6 is 35.5 Å². The Labute approximate surface area is 223 Å². The van der Waals surface area contributed by atoms with Gasteiger partial charge in [0.05, 0.1) is 23.6 Å². The number of aromatic nitrogens is 2. The molecule has 0 saturated heterocycles. The highest BCUT2D eigenvalue weighted by Crippen LogP contribution is 2.38. The highest BCUT2D eigenvalue weighted by atomic mass is 35.5.